The van der Waals surface area contributed by atoms with Crippen molar-refractivity contribution in [3.63, 3.8) is 0 Å². The molecule has 0 atom stereocenters. The molecule has 0 bridgehead atoms. The van der Waals surface area contributed by atoms with Crippen LogP contribution >= 0.6 is 0 Å². The number of nitrogens with two attached hydrogens (primary N) is 1. The largest absolute Gasteiger partial charge is 0.398 e. The van der Waals surface area contributed by atoms with Gasteiger partial charge >= 0.3 is 0 Å². The minimum atomic E-state index is 0.0692. The van der Waals surface area contributed by atoms with Crippen molar-refractivity contribution >= 4 is 11.5 Å². The molecule has 0 aliphatic rings. The summed E-state index contributed by atoms with van der Waals surface area (Å²) >= 11 is 0. The van der Waals surface area contributed by atoms with Crippen LogP contribution in [0.2, 0.25) is 0 Å². The van der Waals surface area contributed by atoms with Crippen LogP contribution in [-0.4, -0.2) is 5.78 Å². The average Bonchev–Trinajstić information content (AvgIpc) is 2.41. The number of nitrogen functional groups attached to an aromatic ring is 1. The fourth-order valence-corrected chi connectivity index (χ4v) is 2.31. The van der Waals surface area contributed by atoms with Crippen molar-refractivity contribution < 1.29 is 4.79 Å². The fraction of sp³-hybridized carbons (Fsp3) is 0.316. The molecule has 2 N–H and O–H groups in total. The molecule has 0 radical (unpaired) electrons. The third kappa shape index (κ3) is 3.72. The molecular weight excluding hydrogens is 258 g/mol. The number of benzene rings is 2. The Bertz CT molecular complexity index is 648. The Hall–Kier alpha value is -2.09. The van der Waals surface area contributed by atoms with Gasteiger partial charge in [0.1, 0.15) is 0 Å². The van der Waals surface area contributed by atoms with E-state index in [2.05, 4.69) is 32.9 Å². The van der Waals surface area contributed by atoms with Crippen molar-refractivity contribution in [1.29, 1.82) is 0 Å². The maximum atomic E-state index is 12.4. The summed E-state index contributed by atoms with van der Waals surface area (Å²) in [5.41, 5.74) is 10.6. The predicted octanol–water partition coefficient (Wildman–Crippen LogP) is 4.30. The van der Waals surface area contributed by atoms with Crippen LogP contribution in [0.15, 0.2) is 42.5 Å². The lowest BCUT2D eigenvalue weighted by Gasteiger charge is -2.19. The highest BCUT2D eigenvalue weighted by Gasteiger charge is 2.14. The van der Waals surface area contributed by atoms with Gasteiger partial charge in [-0.3, -0.25) is 4.79 Å². The Morgan fingerprint density at radius 2 is 1.67 bits per heavy atom. The molecule has 21 heavy (non-hydrogen) atoms. The lowest BCUT2D eigenvalue weighted by atomic mass is 9.86. The molecule has 0 spiro atoms. The number of carbonyl (C=O) groups is 1. The topological polar surface area (TPSA) is 43.1 Å². The quantitative estimate of drug-likeness (QED) is 0.673. The lowest BCUT2D eigenvalue weighted by Crippen LogP contribution is -2.11. The molecule has 0 saturated carbocycles. The first-order valence-corrected chi connectivity index (χ1v) is 7.26. The number of hydrogen-bond acceptors (Lipinski definition) is 2. The summed E-state index contributed by atoms with van der Waals surface area (Å²) in [6, 6.07) is 13.8. The van der Waals surface area contributed by atoms with Gasteiger partial charge in [-0.1, -0.05) is 56.7 Å². The van der Waals surface area contributed by atoms with Gasteiger partial charge in [-0.05, 0) is 35.6 Å². The van der Waals surface area contributed by atoms with Crippen molar-refractivity contribution in [2.75, 3.05) is 5.73 Å². The van der Waals surface area contributed by atoms with Gasteiger partial charge in [-0.2, -0.15) is 0 Å². The third-order valence-electron chi connectivity index (χ3n) is 3.69. The van der Waals surface area contributed by atoms with Gasteiger partial charge < -0.3 is 5.73 Å². The molecule has 2 aromatic carbocycles. The molecule has 2 rings (SSSR count). The standard InChI is InChI=1S/C19H23NO/c1-13-5-10-17(20)16(11-13)18(21)12-14-6-8-15(9-7-14)19(2,3)4/h5-11H,12,20H2,1-4H3. The highest BCUT2D eigenvalue weighted by Crippen LogP contribution is 2.23. The van der Waals surface area contributed by atoms with Gasteiger partial charge in [0.2, 0.25) is 0 Å². The van der Waals surface area contributed by atoms with E-state index in [1.54, 1.807) is 6.07 Å². The fourth-order valence-electron chi connectivity index (χ4n) is 2.31. The minimum absolute atomic E-state index is 0.0692. The van der Waals surface area contributed by atoms with Crippen molar-refractivity contribution in [2.45, 2.75) is 39.5 Å². The number of hydrogen-bond donors (Lipinski definition) is 1. The van der Waals surface area contributed by atoms with E-state index in [0.717, 1.165) is 11.1 Å². The summed E-state index contributed by atoms with van der Waals surface area (Å²) in [6.07, 6.45) is 0.387. The van der Waals surface area contributed by atoms with Crippen LogP contribution in [-0.2, 0) is 11.8 Å². The number of anilines is 1. The van der Waals surface area contributed by atoms with Crippen LogP contribution in [0.5, 0.6) is 0 Å². The van der Waals surface area contributed by atoms with Gasteiger partial charge in [0, 0.05) is 17.7 Å². The minimum Gasteiger partial charge on any atom is -0.398 e. The zero-order chi connectivity index (χ0) is 15.6. The third-order valence-corrected chi connectivity index (χ3v) is 3.69. The van der Waals surface area contributed by atoms with Crippen molar-refractivity contribution in [2.24, 2.45) is 0 Å². The van der Waals surface area contributed by atoms with E-state index in [1.165, 1.54) is 5.56 Å². The summed E-state index contributed by atoms with van der Waals surface area (Å²) in [6.45, 7) is 8.51. The summed E-state index contributed by atoms with van der Waals surface area (Å²) < 4.78 is 0. The van der Waals surface area contributed by atoms with Gasteiger partial charge in [-0.15, -0.1) is 0 Å². The number of ketones is 1. The van der Waals surface area contributed by atoms with Crippen LogP contribution in [0.4, 0.5) is 5.69 Å². The Morgan fingerprint density at radius 3 is 2.24 bits per heavy atom. The summed E-state index contributed by atoms with van der Waals surface area (Å²) in [7, 11) is 0. The Balaban J connectivity index is 2.18. The molecule has 0 unspecified atom stereocenters. The second-order valence-electron chi connectivity index (χ2n) is 6.64. The van der Waals surface area contributed by atoms with Crippen molar-refractivity contribution in [3.05, 3.63) is 64.7 Å². The van der Waals surface area contributed by atoms with Gasteiger partial charge in [0.25, 0.3) is 0 Å². The van der Waals surface area contributed by atoms with Crippen molar-refractivity contribution in [3.8, 4) is 0 Å². The highest BCUT2D eigenvalue weighted by molar-refractivity contribution is 6.02. The zero-order valence-electron chi connectivity index (χ0n) is 13.2. The average molecular weight is 281 g/mol. The van der Waals surface area contributed by atoms with Crippen molar-refractivity contribution in [1.82, 2.24) is 0 Å². The molecule has 0 aliphatic heterocycles. The van der Waals surface area contributed by atoms with Gasteiger partial charge in [-0.25, -0.2) is 0 Å². The highest BCUT2D eigenvalue weighted by atomic mass is 16.1. The van der Waals surface area contributed by atoms with E-state index in [-0.39, 0.29) is 11.2 Å². The maximum absolute atomic E-state index is 12.4. The molecule has 0 fully saturated rings. The smallest absolute Gasteiger partial charge is 0.169 e. The first-order chi connectivity index (χ1) is 9.77. The lowest BCUT2D eigenvalue weighted by molar-refractivity contribution is 0.0993. The number of carbonyl (C=O) groups excluding carboxylic acids is 1. The molecule has 110 valence electrons. The monoisotopic (exact) mass is 281 g/mol. The molecule has 0 heterocycles. The number of Topliss-reactive ketones (excluding diaryl/α,β-unsaturated/α-hetero) is 1. The Labute approximate surface area is 127 Å². The van der Waals surface area contributed by atoms with E-state index in [4.69, 9.17) is 5.73 Å². The molecule has 2 nitrogen and oxygen atoms in total. The normalized spacial score (nSPS) is 11.4. The van der Waals surface area contributed by atoms with E-state index in [1.807, 2.05) is 31.2 Å². The first-order valence-electron chi connectivity index (χ1n) is 7.26. The van der Waals surface area contributed by atoms with Crippen LogP contribution in [0, 0.1) is 6.92 Å². The molecule has 2 heteroatoms. The molecule has 0 aliphatic carbocycles. The zero-order valence-corrected chi connectivity index (χ0v) is 13.2. The molecule has 0 saturated heterocycles. The summed E-state index contributed by atoms with van der Waals surface area (Å²) in [5.74, 6) is 0.0692. The van der Waals surface area contributed by atoms with Gasteiger partial charge in [0.05, 0.1) is 0 Å². The molecule has 0 aromatic heterocycles. The first kappa shape index (κ1) is 15.3. The second-order valence-corrected chi connectivity index (χ2v) is 6.64. The SMILES string of the molecule is Cc1ccc(N)c(C(=O)Cc2ccc(C(C)(C)C)cc2)c1. The van der Waals surface area contributed by atoms with Crippen LogP contribution < -0.4 is 5.73 Å². The summed E-state index contributed by atoms with van der Waals surface area (Å²) in [5, 5.41) is 0. The Morgan fingerprint density at radius 1 is 1.05 bits per heavy atom. The second kappa shape index (κ2) is 5.72. The number of rotatable bonds is 3. The van der Waals surface area contributed by atoms with Crippen LogP contribution in [0.25, 0.3) is 0 Å². The van der Waals surface area contributed by atoms with E-state index in [9.17, 15) is 4.79 Å². The predicted molar refractivity (Wildman–Crippen MR) is 88.8 cm³/mol. The summed E-state index contributed by atoms with van der Waals surface area (Å²) in [4.78, 5) is 12.4. The Kier molecular flexibility index (Phi) is 4.17. The van der Waals surface area contributed by atoms with E-state index >= 15 is 0 Å². The van der Waals surface area contributed by atoms with Crippen LogP contribution in [0.1, 0.15) is 47.8 Å². The van der Waals surface area contributed by atoms with E-state index in [0.29, 0.717) is 17.7 Å². The van der Waals surface area contributed by atoms with E-state index < -0.39 is 0 Å². The number of aryl methyl sites for hydroxylation is 1. The maximum Gasteiger partial charge on any atom is 0.169 e. The molecular formula is C19H23NO. The molecule has 0 amide bonds. The van der Waals surface area contributed by atoms with Gasteiger partial charge in [0.15, 0.2) is 5.78 Å². The molecule has 2 aromatic rings. The van der Waals surface area contributed by atoms with Crippen LogP contribution in [0.3, 0.4) is 0 Å².